The molecule has 0 aliphatic carbocycles. The van der Waals surface area contributed by atoms with E-state index < -0.39 is 0 Å². The van der Waals surface area contributed by atoms with Gasteiger partial charge in [0.05, 0.1) is 0 Å². The molecule has 0 amide bonds. The third-order valence-electron chi connectivity index (χ3n) is 4.84. The molecule has 3 aromatic carbocycles. The third kappa shape index (κ3) is 3.23. The SMILES string of the molecule is Cc1cc(O)cc(C)c1Bc1c(C)cc(-c2ccccc2)cc1C. The fourth-order valence-corrected chi connectivity index (χ4v) is 3.50. The predicted octanol–water partition coefficient (Wildman–Crippen LogP) is 3.68. The Morgan fingerprint density at radius 1 is 0.625 bits per heavy atom. The third-order valence-corrected chi connectivity index (χ3v) is 4.84. The van der Waals surface area contributed by atoms with E-state index >= 15 is 0 Å². The van der Waals surface area contributed by atoms with Crippen LogP contribution in [0.2, 0.25) is 0 Å². The van der Waals surface area contributed by atoms with Gasteiger partial charge in [-0.05, 0) is 51.0 Å². The van der Waals surface area contributed by atoms with Gasteiger partial charge in [-0.3, -0.25) is 0 Å². The van der Waals surface area contributed by atoms with Crippen molar-refractivity contribution in [3.05, 3.63) is 76.9 Å². The Bertz CT molecular complexity index is 836. The summed E-state index contributed by atoms with van der Waals surface area (Å²) in [4.78, 5) is 0. The Balaban J connectivity index is 2.02. The van der Waals surface area contributed by atoms with Gasteiger partial charge in [0.2, 0.25) is 0 Å². The van der Waals surface area contributed by atoms with Crippen molar-refractivity contribution in [2.45, 2.75) is 27.7 Å². The van der Waals surface area contributed by atoms with E-state index in [1.807, 2.05) is 18.2 Å². The van der Waals surface area contributed by atoms with Crippen LogP contribution in [-0.2, 0) is 0 Å². The second-order valence-electron chi connectivity index (χ2n) is 6.69. The number of phenolic OH excluding ortho intramolecular Hbond substituents is 1. The van der Waals surface area contributed by atoms with E-state index in [1.165, 1.54) is 33.2 Å². The Morgan fingerprint density at radius 2 is 1.08 bits per heavy atom. The van der Waals surface area contributed by atoms with Crippen molar-refractivity contribution in [1.82, 2.24) is 0 Å². The molecule has 0 aromatic heterocycles. The fourth-order valence-electron chi connectivity index (χ4n) is 3.50. The minimum Gasteiger partial charge on any atom is -0.508 e. The lowest BCUT2D eigenvalue weighted by Gasteiger charge is -2.15. The van der Waals surface area contributed by atoms with Crippen LogP contribution >= 0.6 is 0 Å². The monoisotopic (exact) mass is 314 g/mol. The van der Waals surface area contributed by atoms with Crippen molar-refractivity contribution in [2.75, 3.05) is 0 Å². The summed E-state index contributed by atoms with van der Waals surface area (Å²) in [6.07, 6.45) is 0. The van der Waals surface area contributed by atoms with Gasteiger partial charge < -0.3 is 5.11 Å². The van der Waals surface area contributed by atoms with Gasteiger partial charge >= 0.3 is 0 Å². The number of phenols is 1. The summed E-state index contributed by atoms with van der Waals surface area (Å²) in [5.74, 6) is 0.349. The summed E-state index contributed by atoms with van der Waals surface area (Å²) in [7, 11) is 0.907. The van der Waals surface area contributed by atoms with Crippen molar-refractivity contribution in [3.63, 3.8) is 0 Å². The van der Waals surface area contributed by atoms with Gasteiger partial charge in [-0.25, -0.2) is 0 Å². The van der Waals surface area contributed by atoms with Gasteiger partial charge in [-0.2, -0.15) is 0 Å². The zero-order valence-corrected chi connectivity index (χ0v) is 14.9. The van der Waals surface area contributed by atoms with Gasteiger partial charge in [0.1, 0.15) is 5.75 Å². The summed E-state index contributed by atoms with van der Waals surface area (Å²) in [5.41, 5.74) is 10.2. The van der Waals surface area contributed by atoms with E-state index in [4.69, 9.17) is 0 Å². The largest absolute Gasteiger partial charge is 0.508 e. The van der Waals surface area contributed by atoms with Gasteiger partial charge in [0, 0.05) is 0 Å². The van der Waals surface area contributed by atoms with E-state index in [2.05, 4.69) is 64.1 Å². The maximum atomic E-state index is 9.76. The van der Waals surface area contributed by atoms with E-state index in [0.29, 0.717) is 5.75 Å². The van der Waals surface area contributed by atoms with Crippen molar-refractivity contribution in [2.24, 2.45) is 0 Å². The lowest BCUT2D eigenvalue weighted by atomic mass is 9.58. The molecule has 0 radical (unpaired) electrons. The highest BCUT2D eigenvalue weighted by Gasteiger charge is 2.13. The summed E-state index contributed by atoms with van der Waals surface area (Å²) in [6.45, 7) is 8.54. The lowest BCUT2D eigenvalue weighted by Crippen LogP contribution is -2.34. The predicted molar refractivity (Wildman–Crippen MR) is 105 cm³/mol. The molecule has 0 unspecified atom stereocenters. The van der Waals surface area contributed by atoms with Crippen LogP contribution in [0.5, 0.6) is 5.75 Å². The molecule has 1 nitrogen and oxygen atoms in total. The molecule has 0 heterocycles. The highest BCUT2D eigenvalue weighted by atomic mass is 16.3. The molecule has 0 saturated carbocycles. The van der Waals surface area contributed by atoms with Gasteiger partial charge in [0.25, 0.3) is 0 Å². The molecule has 0 fully saturated rings. The van der Waals surface area contributed by atoms with E-state index in [1.54, 1.807) is 0 Å². The highest BCUT2D eigenvalue weighted by Crippen LogP contribution is 2.21. The van der Waals surface area contributed by atoms with Crippen molar-refractivity contribution in [3.8, 4) is 16.9 Å². The molecular weight excluding hydrogens is 291 g/mol. The molecule has 0 saturated heterocycles. The highest BCUT2D eigenvalue weighted by molar-refractivity contribution is 6.69. The first-order valence-corrected chi connectivity index (χ1v) is 8.40. The molecule has 0 bridgehead atoms. The molecule has 2 heteroatoms. The van der Waals surface area contributed by atoms with Crippen molar-refractivity contribution < 1.29 is 5.11 Å². The molecule has 1 N–H and O–H groups in total. The zero-order chi connectivity index (χ0) is 17.3. The zero-order valence-electron chi connectivity index (χ0n) is 14.9. The average molecular weight is 314 g/mol. The molecule has 0 aliphatic rings. The fraction of sp³-hybridized carbons (Fsp3) is 0.182. The average Bonchev–Trinajstić information content (AvgIpc) is 2.53. The number of hydrogen-bond acceptors (Lipinski definition) is 1. The van der Waals surface area contributed by atoms with Crippen LogP contribution in [0.1, 0.15) is 22.3 Å². The summed E-state index contributed by atoms with van der Waals surface area (Å²) >= 11 is 0. The topological polar surface area (TPSA) is 20.2 Å². The van der Waals surface area contributed by atoms with Crippen molar-refractivity contribution in [1.29, 1.82) is 0 Å². The van der Waals surface area contributed by atoms with Gasteiger partial charge in [0.15, 0.2) is 7.28 Å². The maximum absolute atomic E-state index is 9.76. The van der Waals surface area contributed by atoms with Crippen molar-refractivity contribution >= 4 is 18.2 Å². The first kappa shape index (κ1) is 16.4. The van der Waals surface area contributed by atoms with Crippen LogP contribution in [0, 0.1) is 27.7 Å². The van der Waals surface area contributed by atoms with E-state index in [9.17, 15) is 5.11 Å². The first-order valence-electron chi connectivity index (χ1n) is 8.40. The molecule has 120 valence electrons. The van der Waals surface area contributed by atoms with E-state index in [0.717, 1.165) is 18.4 Å². The molecule has 24 heavy (non-hydrogen) atoms. The number of aryl methyl sites for hydroxylation is 4. The number of benzene rings is 3. The molecule has 0 atom stereocenters. The summed E-state index contributed by atoms with van der Waals surface area (Å²) in [5, 5.41) is 9.76. The number of rotatable bonds is 3. The molecule has 0 spiro atoms. The first-order chi connectivity index (χ1) is 11.5. The summed E-state index contributed by atoms with van der Waals surface area (Å²) in [6, 6.07) is 18.8. The Morgan fingerprint density at radius 3 is 1.58 bits per heavy atom. The van der Waals surface area contributed by atoms with E-state index in [-0.39, 0.29) is 0 Å². The smallest absolute Gasteiger partial charge is 0.193 e. The van der Waals surface area contributed by atoms with Crippen LogP contribution < -0.4 is 10.9 Å². The second-order valence-corrected chi connectivity index (χ2v) is 6.69. The Hall–Kier alpha value is -2.48. The van der Waals surface area contributed by atoms with Gasteiger partial charge in [-0.15, -0.1) is 0 Å². The Labute approximate surface area is 145 Å². The minimum atomic E-state index is 0.349. The summed E-state index contributed by atoms with van der Waals surface area (Å²) < 4.78 is 0. The van der Waals surface area contributed by atoms with Gasteiger partial charge in [-0.1, -0.05) is 75.6 Å². The molecular formula is C22H23BO. The van der Waals surface area contributed by atoms with Crippen LogP contribution in [0.4, 0.5) is 0 Å². The number of hydrogen-bond donors (Lipinski definition) is 1. The maximum Gasteiger partial charge on any atom is 0.193 e. The quantitative estimate of drug-likeness (QED) is 0.731. The molecule has 3 aromatic rings. The van der Waals surface area contributed by atoms with Crippen LogP contribution in [0.15, 0.2) is 54.6 Å². The molecule has 0 aliphatic heterocycles. The van der Waals surface area contributed by atoms with Crippen LogP contribution in [0.25, 0.3) is 11.1 Å². The standard InChI is InChI=1S/C22H23BO/c1-14-10-19(18-8-6-5-7-9-18)11-15(2)21(14)23-22-16(3)12-20(24)13-17(22)4/h5-13,23-24H,1-4H3. The number of aromatic hydroxyl groups is 1. The van der Waals surface area contributed by atoms with Crippen LogP contribution in [-0.4, -0.2) is 12.4 Å². The molecule has 3 rings (SSSR count). The Kier molecular flexibility index (Phi) is 4.48. The minimum absolute atomic E-state index is 0.349. The lowest BCUT2D eigenvalue weighted by molar-refractivity contribution is 0.474. The normalized spacial score (nSPS) is 10.7. The van der Waals surface area contributed by atoms with Crippen LogP contribution in [0.3, 0.4) is 0 Å². The second kappa shape index (κ2) is 6.56.